The van der Waals surface area contributed by atoms with E-state index in [2.05, 4.69) is 0 Å². The van der Waals surface area contributed by atoms with Crippen molar-refractivity contribution in [3.63, 3.8) is 0 Å². The van der Waals surface area contributed by atoms with E-state index in [-0.39, 0.29) is 0 Å². The summed E-state index contributed by atoms with van der Waals surface area (Å²) < 4.78 is 5.11. The Kier molecular flexibility index (Phi) is 3.67. The van der Waals surface area contributed by atoms with Gasteiger partial charge in [0.05, 0.1) is 18.7 Å². The maximum Gasteiger partial charge on any atom is 0.328 e. The fourth-order valence-corrected chi connectivity index (χ4v) is 1.35. The van der Waals surface area contributed by atoms with E-state index in [1.165, 1.54) is 13.2 Å². The SMILES string of the molecule is COc1cc(C)cc(C#N)c1/C=C/C(=O)O. The summed E-state index contributed by atoms with van der Waals surface area (Å²) in [5.74, 6) is -0.569. The number of benzene rings is 1. The van der Waals surface area contributed by atoms with E-state index in [1.807, 2.05) is 13.0 Å². The van der Waals surface area contributed by atoms with Crippen LogP contribution in [0.1, 0.15) is 16.7 Å². The molecule has 0 spiro atoms. The Morgan fingerprint density at radius 3 is 2.75 bits per heavy atom. The van der Waals surface area contributed by atoms with E-state index in [0.29, 0.717) is 16.9 Å². The number of carboxylic acids is 1. The molecule has 0 aromatic heterocycles. The topological polar surface area (TPSA) is 70.3 Å². The molecule has 0 fully saturated rings. The lowest BCUT2D eigenvalue weighted by atomic mass is 10.0. The lowest BCUT2D eigenvalue weighted by Crippen LogP contribution is -1.94. The minimum absolute atomic E-state index is 0.398. The quantitative estimate of drug-likeness (QED) is 0.786. The van der Waals surface area contributed by atoms with Crippen molar-refractivity contribution in [3.05, 3.63) is 34.9 Å². The van der Waals surface area contributed by atoms with E-state index in [4.69, 9.17) is 15.1 Å². The number of aryl methyl sites for hydroxylation is 1. The van der Waals surface area contributed by atoms with Gasteiger partial charge in [-0.05, 0) is 30.7 Å². The Balaban J connectivity index is 3.34. The molecule has 0 unspecified atom stereocenters. The van der Waals surface area contributed by atoms with E-state index >= 15 is 0 Å². The molecular formula is C12H11NO3. The summed E-state index contributed by atoms with van der Waals surface area (Å²) in [6.07, 6.45) is 2.34. The van der Waals surface area contributed by atoms with Crippen molar-refractivity contribution in [3.8, 4) is 11.8 Å². The van der Waals surface area contributed by atoms with Crippen LogP contribution in [-0.2, 0) is 4.79 Å². The molecule has 1 aromatic carbocycles. The van der Waals surface area contributed by atoms with Gasteiger partial charge >= 0.3 is 5.97 Å². The number of carboxylic acid groups (broad SMARTS) is 1. The van der Waals surface area contributed by atoms with Gasteiger partial charge in [0.1, 0.15) is 5.75 Å². The van der Waals surface area contributed by atoms with Gasteiger partial charge in [-0.1, -0.05) is 0 Å². The molecule has 0 aliphatic heterocycles. The molecule has 0 aliphatic carbocycles. The summed E-state index contributed by atoms with van der Waals surface area (Å²) in [7, 11) is 1.48. The smallest absolute Gasteiger partial charge is 0.328 e. The molecule has 4 heteroatoms. The van der Waals surface area contributed by atoms with Crippen molar-refractivity contribution in [1.29, 1.82) is 5.26 Å². The minimum atomic E-state index is -1.06. The average Bonchev–Trinajstić information content (AvgIpc) is 2.25. The summed E-state index contributed by atoms with van der Waals surface area (Å²) in [4.78, 5) is 10.4. The molecule has 0 amide bonds. The third kappa shape index (κ3) is 2.61. The second-order valence-electron chi connectivity index (χ2n) is 3.21. The predicted octanol–water partition coefficient (Wildman–Crippen LogP) is 1.97. The summed E-state index contributed by atoms with van der Waals surface area (Å²) in [6, 6.07) is 5.45. The number of methoxy groups -OCH3 is 1. The van der Waals surface area contributed by atoms with Crippen LogP contribution in [0.15, 0.2) is 18.2 Å². The Morgan fingerprint density at radius 2 is 2.25 bits per heavy atom. The van der Waals surface area contributed by atoms with Gasteiger partial charge in [-0.2, -0.15) is 5.26 Å². The van der Waals surface area contributed by atoms with Crippen molar-refractivity contribution >= 4 is 12.0 Å². The van der Waals surface area contributed by atoms with Crippen molar-refractivity contribution in [2.75, 3.05) is 7.11 Å². The summed E-state index contributed by atoms with van der Waals surface area (Å²) in [5, 5.41) is 17.5. The van der Waals surface area contributed by atoms with Crippen LogP contribution in [0, 0.1) is 18.3 Å². The maximum absolute atomic E-state index is 10.4. The highest BCUT2D eigenvalue weighted by atomic mass is 16.5. The molecule has 16 heavy (non-hydrogen) atoms. The molecule has 0 atom stereocenters. The molecule has 4 nitrogen and oxygen atoms in total. The van der Waals surface area contributed by atoms with Gasteiger partial charge in [-0.25, -0.2) is 4.79 Å². The Morgan fingerprint density at radius 1 is 1.56 bits per heavy atom. The maximum atomic E-state index is 10.4. The highest BCUT2D eigenvalue weighted by molar-refractivity contribution is 5.86. The first-order valence-corrected chi connectivity index (χ1v) is 4.58. The van der Waals surface area contributed by atoms with E-state index < -0.39 is 5.97 Å². The molecule has 0 aliphatic rings. The Hall–Kier alpha value is -2.28. The number of ether oxygens (including phenoxy) is 1. The molecule has 1 aromatic rings. The molecule has 1 N–H and O–H groups in total. The van der Waals surface area contributed by atoms with E-state index in [1.54, 1.807) is 12.1 Å². The van der Waals surface area contributed by atoms with Crippen LogP contribution < -0.4 is 4.74 Å². The number of aliphatic carboxylic acids is 1. The predicted molar refractivity (Wildman–Crippen MR) is 59.1 cm³/mol. The molecule has 0 radical (unpaired) electrons. The van der Waals surface area contributed by atoms with E-state index in [0.717, 1.165) is 11.6 Å². The van der Waals surface area contributed by atoms with Gasteiger partial charge in [0.2, 0.25) is 0 Å². The zero-order valence-corrected chi connectivity index (χ0v) is 9.02. The van der Waals surface area contributed by atoms with Gasteiger partial charge in [0, 0.05) is 11.6 Å². The van der Waals surface area contributed by atoms with Gasteiger partial charge in [0.15, 0.2) is 0 Å². The molecular weight excluding hydrogens is 206 g/mol. The highest BCUT2D eigenvalue weighted by Gasteiger charge is 2.07. The van der Waals surface area contributed by atoms with Gasteiger partial charge < -0.3 is 9.84 Å². The zero-order chi connectivity index (χ0) is 12.1. The first-order valence-electron chi connectivity index (χ1n) is 4.58. The van der Waals surface area contributed by atoms with Crippen LogP contribution in [0.25, 0.3) is 6.08 Å². The standard InChI is InChI=1S/C12H11NO3/c1-8-5-9(7-13)10(3-4-12(14)15)11(6-8)16-2/h3-6H,1-2H3,(H,14,15)/b4-3+. The van der Waals surface area contributed by atoms with Gasteiger partial charge in [-0.15, -0.1) is 0 Å². The van der Waals surface area contributed by atoms with Crippen molar-refractivity contribution in [2.45, 2.75) is 6.92 Å². The zero-order valence-electron chi connectivity index (χ0n) is 9.02. The number of hydrogen-bond acceptors (Lipinski definition) is 3. The first kappa shape index (κ1) is 11.8. The average molecular weight is 217 g/mol. The lowest BCUT2D eigenvalue weighted by molar-refractivity contribution is -0.131. The third-order valence-electron chi connectivity index (χ3n) is 2.02. The fourth-order valence-electron chi connectivity index (χ4n) is 1.35. The van der Waals surface area contributed by atoms with Gasteiger partial charge in [0.25, 0.3) is 0 Å². The summed E-state index contributed by atoms with van der Waals surface area (Å²) in [6.45, 7) is 1.84. The first-order chi connectivity index (χ1) is 7.58. The van der Waals surface area contributed by atoms with Gasteiger partial charge in [-0.3, -0.25) is 0 Å². The number of rotatable bonds is 3. The normalized spacial score (nSPS) is 10.1. The van der Waals surface area contributed by atoms with Crippen LogP contribution in [0.2, 0.25) is 0 Å². The molecule has 1 rings (SSSR count). The van der Waals surface area contributed by atoms with Crippen LogP contribution in [0.4, 0.5) is 0 Å². The summed E-state index contributed by atoms with van der Waals surface area (Å²) in [5.41, 5.74) is 1.77. The molecule has 0 heterocycles. The number of nitriles is 1. The second kappa shape index (κ2) is 4.99. The Labute approximate surface area is 93.4 Å². The monoisotopic (exact) mass is 217 g/mol. The minimum Gasteiger partial charge on any atom is -0.496 e. The van der Waals surface area contributed by atoms with Crippen molar-refractivity contribution < 1.29 is 14.6 Å². The molecule has 82 valence electrons. The fraction of sp³-hybridized carbons (Fsp3) is 0.167. The second-order valence-corrected chi connectivity index (χ2v) is 3.21. The molecule has 0 saturated heterocycles. The van der Waals surface area contributed by atoms with Crippen molar-refractivity contribution in [1.82, 2.24) is 0 Å². The van der Waals surface area contributed by atoms with Crippen LogP contribution >= 0.6 is 0 Å². The number of hydrogen-bond donors (Lipinski definition) is 1. The van der Waals surface area contributed by atoms with Crippen molar-refractivity contribution in [2.24, 2.45) is 0 Å². The molecule has 0 bridgehead atoms. The van der Waals surface area contributed by atoms with Crippen LogP contribution in [0.3, 0.4) is 0 Å². The summed E-state index contributed by atoms with van der Waals surface area (Å²) >= 11 is 0. The van der Waals surface area contributed by atoms with Crippen LogP contribution in [-0.4, -0.2) is 18.2 Å². The molecule has 0 saturated carbocycles. The lowest BCUT2D eigenvalue weighted by Gasteiger charge is -2.07. The largest absolute Gasteiger partial charge is 0.496 e. The van der Waals surface area contributed by atoms with E-state index in [9.17, 15) is 4.79 Å². The van der Waals surface area contributed by atoms with Crippen LogP contribution in [0.5, 0.6) is 5.75 Å². The number of carbonyl (C=O) groups is 1. The third-order valence-corrected chi connectivity index (χ3v) is 2.02. The number of nitrogens with zero attached hydrogens (tertiary/aromatic N) is 1. The highest BCUT2D eigenvalue weighted by Crippen LogP contribution is 2.25. The Bertz CT molecular complexity index is 484.